The topological polar surface area (TPSA) is 76.0 Å². The maximum Gasteiger partial charge on any atom is 0.192 e. The molecule has 2 aliphatic rings. The molecule has 4 rings (SSSR count). The third kappa shape index (κ3) is 3.81. The monoisotopic (exact) mass is 386 g/mol. The number of aliphatic hydroxyl groups excluding tert-OH is 2. The van der Waals surface area contributed by atoms with Gasteiger partial charge in [0.2, 0.25) is 0 Å². The fourth-order valence-electron chi connectivity index (χ4n) is 3.88. The Balaban J connectivity index is 1.57. The standard InChI is InChI=1S/C22H23FO5/c23-17-5-4-15(20-11-18(25)22(26)21(12-24)28-20)10-16(17)9-13-3-6-19-14(8-13)2-1-7-27-19/h3-6,8,10,18,20-21,24-25H,1-2,7,9,11-12H2/t18-,20-,21-/m1/s1. The van der Waals surface area contributed by atoms with Crippen LogP contribution in [0.3, 0.4) is 0 Å². The number of hydrogen-bond donors (Lipinski definition) is 2. The molecule has 0 unspecified atom stereocenters. The number of benzene rings is 2. The molecule has 28 heavy (non-hydrogen) atoms. The Morgan fingerprint density at radius 2 is 2.04 bits per heavy atom. The Labute approximate surface area is 162 Å². The molecule has 2 aromatic carbocycles. The summed E-state index contributed by atoms with van der Waals surface area (Å²) in [5, 5.41) is 19.3. The van der Waals surface area contributed by atoms with E-state index < -0.39 is 30.7 Å². The van der Waals surface area contributed by atoms with E-state index in [1.165, 1.54) is 6.07 Å². The second-order valence-electron chi connectivity index (χ2n) is 7.37. The third-order valence-electron chi connectivity index (χ3n) is 5.39. The van der Waals surface area contributed by atoms with E-state index in [9.17, 15) is 19.4 Å². The minimum absolute atomic E-state index is 0.0938. The van der Waals surface area contributed by atoms with Gasteiger partial charge in [-0.2, -0.15) is 0 Å². The Morgan fingerprint density at radius 1 is 1.18 bits per heavy atom. The van der Waals surface area contributed by atoms with Gasteiger partial charge in [0.1, 0.15) is 23.8 Å². The number of aliphatic hydroxyl groups is 2. The van der Waals surface area contributed by atoms with E-state index >= 15 is 0 Å². The molecule has 3 atom stereocenters. The van der Waals surface area contributed by atoms with E-state index in [-0.39, 0.29) is 12.2 Å². The van der Waals surface area contributed by atoms with Gasteiger partial charge in [0.05, 0.1) is 19.3 Å². The van der Waals surface area contributed by atoms with Crippen LogP contribution in [0.4, 0.5) is 4.39 Å². The van der Waals surface area contributed by atoms with Crippen molar-refractivity contribution in [3.05, 3.63) is 64.5 Å². The zero-order valence-corrected chi connectivity index (χ0v) is 15.4. The van der Waals surface area contributed by atoms with Gasteiger partial charge in [-0.3, -0.25) is 4.79 Å². The van der Waals surface area contributed by atoms with Crippen molar-refractivity contribution in [2.45, 2.75) is 44.0 Å². The minimum Gasteiger partial charge on any atom is -0.493 e. The first-order chi connectivity index (χ1) is 13.5. The highest BCUT2D eigenvalue weighted by molar-refractivity contribution is 5.88. The number of ether oxygens (including phenoxy) is 2. The SMILES string of the molecule is O=C1[C@H](O)C[C@H](c2ccc(F)c(Cc3ccc4c(c3)CCCO4)c2)O[C@@H]1CO. The molecule has 1 saturated heterocycles. The van der Waals surface area contributed by atoms with Crippen LogP contribution in [-0.4, -0.2) is 41.4 Å². The van der Waals surface area contributed by atoms with Gasteiger partial charge >= 0.3 is 0 Å². The fraction of sp³-hybridized carbons (Fsp3) is 0.409. The predicted molar refractivity (Wildman–Crippen MR) is 99.8 cm³/mol. The highest BCUT2D eigenvalue weighted by Gasteiger charge is 2.36. The van der Waals surface area contributed by atoms with Gasteiger partial charge in [0.15, 0.2) is 5.78 Å². The van der Waals surface area contributed by atoms with Gasteiger partial charge < -0.3 is 19.7 Å². The summed E-state index contributed by atoms with van der Waals surface area (Å²) in [6, 6.07) is 10.6. The molecule has 148 valence electrons. The smallest absolute Gasteiger partial charge is 0.192 e. The van der Waals surface area contributed by atoms with E-state index in [4.69, 9.17) is 9.47 Å². The first-order valence-corrected chi connectivity index (χ1v) is 9.56. The molecule has 0 aliphatic carbocycles. The lowest BCUT2D eigenvalue weighted by atomic mass is 9.92. The number of ketones is 1. The second kappa shape index (κ2) is 7.99. The summed E-state index contributed by atoms with van der Waals surface area (Å²) in [5.74, 6) is 0.0646. The molecule has 0 radical (unpaired) electrons. The molecule has 1 fully saturated rings. The molecule has 0 amide bonds. The van der Waals surface area contributed by atoms with Crippen molar-refractivity contribution in [2.24, 2.45) is 0 Å². The Morgan fingerprint density at radius 3 is 2.86 bits per heavy atom. The van der Waals surface area contributed by atoms with Crippen molar-refractivity contribution in [3.63, 3.8) is 0 Å². The fourth-order valence-corrected chi connectivity index (χ4v) is 3.88. The van der Waals surface area contributed by atoms with Crippen LogP contribution < -0.4 is 4.74 Å². The van der Waals surface area contributed by atoms with Crippen molar-refractivity contribution < 1.29 is 28.9 Å². The number of hydrogen-bond acceptors (Lipinski definition) is 5. The van der Waals surface area contributed by atoms with Gasteiger partial charge in [0.25, 0.3) is 0 Å². The molecule has 2 aromatic rings. The van der Waals surface area contributed by atoms with Crippen LogP contribution in [-0.2, 0) is 22.4 Å². The highest BCUT2D eigenvalue weighted by atomic mass is 19.1. The highest BCUT2D eigenvalue weighted by Crippen LogP contribution is 2.32. The Bertz CT molecular complexity index is 881. The van der Waals surface area contributed by atoms with Gasteiger partial charge in [-0.15, -0.1) is 0 Å². The molecule has 2 aliphatic heterocycles. The minimum atomic E-state index is -1.19. The summed E-state index contributed by atoms with van der Waals surface area (Å²) in [6.45, 7) is 0.241. The van der Waals surface area contributed by atoms with Crippen LogP contribution >= 0.6 is 0 Å². The van der Waals surface area contributed by atoms with Crippen LogP contribution in [0.5, 0.6) is 5.75 Å². The van der Waals surface area contributed by atoms with Crippen molar-refractivity contribution >= 4 is 5.78 Å². The summed E-state index contributed by atoms with van der Waals surface area (Å²) in [6.07, 6.45) is -0.363. The lowest BCUT2D eigenvalue weighted by molar-refractivity contribution is -0.161. The number of halogens is 1. The molecular formula is C22H23FO5. The average Bonchev–Trinajstić information content (AvgIpc) is 2.71. The van der Waals surface area contributed by atoms with Crippen molar-refractivity contribution in [3.8, 4) is 5.75 Å². The van der Waals surface area contributed by atoms with Crippen LogP contribution in [0.2, 0.25) is 0 Å². The van der Waals surface area contributed by atoms with Crippen LogP contribution in [0, 0.1) is 5.82 Å². The van der Waals surface area contributed by atoms with E-state index in [1.54, 1.807) is 12.1 Å². The molecular weight excluding hydrogens is 363 g/mol. The number of rotatable bonds is 4. The first kappa shape index (κ1) is 19.1. The molecule has 0 saturated carbocycles. The zero-order chi connectivity index (χ0) is 19.7. The number of carbonyl (C=O) groups is 1. The maximum absolute atomic E-state index is 14.4. The molecule has 5 nitrogen and oxygen atoms in total. The number of Topliss-reactive ketones (excluding diaryl/α,β-unsaturated/α-hetero) is 1. The predicted octanol–water partition coefficient (Wildman–Crippen LogP) is 2.49. The zero-order valence-electron chi connectivity index (χ0n) is 15.4. The van der Waals surface area contributed by atoms with E-state index in [0.717, 1.165) is 36.3 Å². The normalized spacial score (nSPS) is 24.5. The summed E-state index contributed by atoms with van der Waals surface area (Å²) < 4.78 is 25.7. The van der Waals surface area contributed by atoms with Gasteiger partial charge in [-0.25, -0.2) is 4.39 Å². The molecule has 6 heteroatoms. The van der Waals surface area contributed by atoms with Gasteiger partial charge in [0, 0.05) is 12.8 Å². The Kier molecular flexibility index (Phi) is 5.44. The van der Waals surface area contributed by atoms with Crippen LogP contribution in [0.25, 0.3) is 0 Å². The lowest BCUT2D eigenvalue weighted by Crippen LogP contribution is -2.43. The summed E-state index contributed by atoms with van der Waals surface area (Å²) in [4.78, 5) is 11.8. The summed E-state index contributed by atoms with van der Waals surface area (Å²) >= 11 is 0. The van der Waals surface area contributed by atoms with Crippen molar-refractivity contribution in [1.29, 1.82) is 0 Å². The lowest BCUT2D eigenvalue weighted by Gasteiger charge is -2.31. The molecule has 0 spiro atoms. The number of aryl methyl sites for hydroxylation is 1. The van der Waals surface area contributed by atoms with E-state index in [1.807, 2.05) is 12.1 Å². The largest absolute Gasteiger partial charge is 0.493 e. The van der Waals surface area contributed by atoms with Gasteiger partial charge in [-0.05, 0) is 53.3 Å². The van der Waals surface area contributed by atoms with Gasteiger partial charge in [-0.1, -0.05) is 18.2 Å². The Hall–Kier alpha value is -2.28. The summed E-state index contributed by atoms with van der Waals surface area (Å²) in [5.41, 5.74) is 3.34. The summed E-state index contributed by atoms with van der Waals surface area (Å²) in [7, 11) is 0. The van der Waals surface area contributed by atoms with Crippen molar-refractivity contribution in [1.82, 2.24) is 0 Å². The first-order valence-electron chi connectivity index (χ1n) is 9.56. The quantitative estimate of drug-likeness (QED) is 0.844. The number of fused-ring (bicyclic) bond motifs is 1. The van der Waals surface area contributed by atoms with Crippen LogP contribution in [0.15, 0.2) is 36.4 Å². The molecule has 0 bridgehead atoms. The van der Waals surface area contributed by atoms with E-state index in [2.05, 4.69) is 6.07 Å². The second-order valence-corrected chi connectivity index (χ2v) is 7.37. The molecule has 0 aromatic heterocycles. The van der Waals surface area contributed by atoms with Crippen molar-refractivity contribution in [2.75, 3.05) is 13.2 Å². The average molecular weight is 386 g/mol. The third-order valence-corrected chi connectivity index (χ3v) is 5.39. The van der Waals surface area contributed by atoms with Crippen LogP contribution in [0.1, 0.15) is 41.2 Å². The molecule has 2 heterocycles. The van der Waals surface area contributed by atoms with E-state index in [0.29, 0.717) is 17.5 Å². The number of carbonyl (C=O) groups excluding carboxylic acids is 1. The molecule has 2 N–H and O–H groups in total. The maximum atomic E-state index is 14.4.